The molecule has 2 heterocycles. The van der Waals surface area contributed by atoms with Crippen molar-refractivity contribution in [3.8, 4) is 0 Å². The van der Waals surface area contributed by atoms with E-state index in [1.807, 2.05) is 5.38 Å². The lowest BCUT2D eigenvalue weighted by atomic mass is 10.2. The molecular weight excluding hydrogens is 290 g/mol. The number of carboxylic acids is 1. The van der Waals surface area contributed by atoms with Crippen molar-refractivity contribution in [1.29, 1.82) is 0 Å². The van der Waals surface area contributed by atoms with Gasteiger partial charge in [0, 0.05) is 18.3 Å². The number of thiazole rings is 1. The molecule has 6 nitrogen and oxygen atoms in total. The number of hydrogen-bond donors (Lipinski definition) is 2. The minimum atomic E-state index is -0.967. The Bertz CT molecular complexity index is 482. The molecule has 1 aromatic heterocycles. The summed E-state index contributed by atoms with van der Waals surface area (Å²) in [6.07, 6.45) is 4.91. The zero-order chi connectivity index (χ0) is 15.1. The van der Waals surface area contributed by atoms with E-state index >= 15 is 0 Å². The Morgan fingerprint density at radius 1 is 1.24 bits per heavy atom. The van der Waals surface area contributed by atoms with Crippen LogP contribution in [-0.4, -0.2) is 40.0 Å². The molecule has 1 aliphatic heterocycles. The number of carbonyl (C=O) groups excluding carboxylic acids is 1. The van der Waals surface area contributed by atoms with Crippen LogP contribution in [0.5, 0.6) is 0 Å². The number of carbonyl (C=O) groups is 2. The standard InChI is InChI=1S/C14H21N3O3S/c18-12(5-6-13(19)20)16-14-15-11(10-21-14)9-17-7-3-1-2-4-8-17/h10H,1-9H2,(H,19,20)(H,15,16,18). The molecule has 7 heteroatoms. The Hall–Kier alpha value is -1.47. The topological polar surface area (TPSA) is 82.5 Å². The van der Waals surface area contributed by atoms with Crippen molar-refractivity contribution in [2.24, 2.45) is 0 Å². The van der Waals surface area contributed by atoms with Crippen LogP contribution in [0.25, 0.3) is 0 Å². The van der Waals surface area contributed by atoms with Crippen LogP contribution in [0.4, 0.5) is 5.13 Å². The fraction of sp³-hybridized carbons (Fsp3) is 0.643. The fourth-order valence-electron chi connectivity index (χ4n) is 2.36. The summed E-state index contributed by atoms with van der Waals surface area (Å²) >= 11 is 1.39. The molecule has 1 saturated heterocycles. The van der Waals surface area contributed by atoms with Gasteiger partial charge >= 0.3 is 5.97 Å². The molecule has 21 heavy (non-hydrogen) atoms. The van der Waals surface area contributed by atoms with E-state index in [1.54, 1.807) is 0 Å². The number of aliphatic carboxylic acids is 1. The Kier molecular flexibility index (Phi) is 6.13. The second-order valence-corrected chi connectivity index (χ2v) is 6.13. The van der Waals surface area contributed by atoms with Gasteiger partial charge in [0.1, 0.15) is 0 Å². The maximum absolute atomic E-state index is 11.5. The second kappa shape index (κ2) is 8.09. The van der Waals surface area contributed by atoms with Crippen LogP contribution >= 0.6 is 11.3 Å². The van der Waals surface area contributed by atoms with E-state index in [4.69, 9.17) is 5.11 Å². The first-order valence-corrected chi connectivity index (χ1v) is 8.20. The third-order valence-electron chi connectivity index (χ3n) is 3.45. The highest BCUT2D eigenvalue weighted by Gasteiger charge is 2.13. The Morgan fingerprint density at radius 3 is 2.62 bits per heavy atom. The van der Waals surface area contributed by atoms with Crippen LogP contribution < -0.4 is 5.32 Å². The molecule has 1 amide bonds. The van der Waals surface area contributed by atoms with Crippen molar-refractivity contribution in [3.05, 3.63) is 11.1 Å². The Morgan fingerprint density at radius 2 is 1.95 bits per heavy atom. The molecule has 0 unspecified atom stereocenters. The molecule has 1 aliphatic rings. The van der Waals surface area contributed by atoms with Crippen molar-refractivity contribution in [1.82, 2.24) is 9.88 Å². The maximum Gasteiger partial charge on any atom is 0.303 e. The third-order valence-corrected chi connectivity index (χ3v) is 4.25. The SMILES string of the molecule is O=C(O)CCC(=O)Nc1nc(CN2CCCCCC2)cs1. The summed E-state index contributed by atoms with van der Waals surface area (Å²) in [5, 5.41) is 13.7. The zero-order valence-corrected chi connectivity index (χ0v) is 12.8. The normalized spacial score (nSPS) is 16.4. The number of likely N-dealkylation sites (tertiary alicyclic amines) is 1. The smallest absolute Gasteiger partial charge is 0.303 e. The van der Waals surface area contributed by atoms with Gasteiger partial charge < -0.3 is 10.4 Å². The summed E-state index contributed by atoms with van der Waals surface area (Å²) in [5.74, 6) is -1.26. The zero-order valence-electron chi connectivity index (χ0n) is 12.0. The Balaban J connectivity index is 1.80. The summed E-state index contributed by atoms with van der Waals surface area (Å²) in [4.78, 5) is 28.8. The van der Waals surface area contributed by atoms with Gasteiger partial charge in [0.25, 0.3) is 0 Å². The average Bonchev–Trinajstić information content (AvgIpc) is 2.71. The lowest BCUT2D eigenvalue weighted by molar-refractivity contribution is -0.138. The molecule has 2 N–H and O–H groups in total. The van der Waals surface area contributed by atoms with Crippen LogP contribution in [0.2, 0.25) is 0 Å². The number of anilines is 1. The van der Waals surface area contributed by atoms with Crippen molar-refractivity contribution in [3.63, 3.8) is 0 Å². The van der Waals surface area contributed by atoms with Crippen LogP contribution in [0.15, 0.2) is 5.38 Å². The first-order valence-electron chi connectivity index (χ1n) is 7.32. The van der Waals surface area contributed by atoms with E-state index in [0.29, 0.717) is 5.13 Å². The predicted molar refractivity (Wildman–Crippen MR) is 81.4 cm³/mol. The van der Waals surface area contributed by atoms with Crippen molar-refractivity contribution in [2.45, 2.75) is 45.1 Å². The largest absolute Gasteiger partial charge is 0.481 e. The van der Waals surface area contributed by atoms with Crippen molar-refractivity contribution < 1.29 is 14.7 Å². The van der Waals surface area contributed by atoms with E-state index in [2.05, 4.69) is 15.2 Å². The molecule has 116 valence electrons. The quantitative estimate of drug-likeness (QED) is 0.842. The number of carboxylic acid groups (broad SMARTS) is 1. The van der Waals surface area contributed by atoms with Gasteiger partial charge in [-0.05, 0) is 25.9 Å². The first kappa shape index (κ1) is 15.9. The third kappa shape index (κ3) is 5.81. The van der Waals surface area contributed by atoms with E-state index in [9.17, 15) is 9.59 Å². The molecule has 0 saturated carbocycles. The molecular formula is C14H21N3O3S. The van der Waals surface area contributed by atoms with Crippen LogP contribution in [0.3, 0.4) is 0 Å². The van der Waals surface area contributed by atoms with Gasteiger partial charge in [-0.25, -0.2) is 4.98 Å². The summed E-state index contributed by atoms with van der Waals surface area (Å²) in [5.41, 5.74) is 0.968. The highest BCUT2D eigenvalue weighted by molar-refractivity contribution is 7.13. The summed E-state index contributed by atoms with van der Waals surface area (Å²) in [7, 11) is 0. The van der Waals surface area contributed by atoms with E-state index in [0.717, 1.165) is 25.3 Å². The van der Waals surface area contributed by atoms with Crippen LogP contribution in [-0.2, 0) is 16.1 Å². The number of nitrogens with one attached hydrogen (secondary N) is 1. The van der Waals surface area contributed by atoms with Gasteiger partial charge in [-0.15, -0.1) is 11.3 Å². The number of nitrogens with zero attached hydrogens (tertiary/aromatic N) is 2. The summed E-state index contributed by atoms with van der Waals surface area (Å²) < 4.78 is 0. The van der Waals surface area contributed by atoms with E-state index in [-0.39, 0.29) is 18.7 Å². The summed E-state index contributed by atoms with van der Waals surface area (Å²) in [6, 6.07) is 0. The number of rotatable bonds is 6. The second-order valence-electron chi connectivity index (χ2n) is 5.28. The first-order chi connectivity index (χ1) is 10.1. The van der Waals surface area contributed by atoms with Gasteiger partial charge in [-0.1, -0.05) is 12.8 Å². The molecule has 0 spiro atoms. The minimum absolute atomic E-state index is 0.0175. The van der Waals surface area contributed by atoms with E-state index < -0.39 is 5.97 Å². The average molecular weight is 311 g/mol. The molecule has 0 atom stereocenters. The molecule has 0 aliphatic carbocycles. The van der Waals surface area contributed by atoms with Gasteiger partial charge in [0.2, 0.25) is 5.91 Å². The maximum atomic E-state index is 11.5. The van der Waals surface area contributed by atoms with E-state index in [1.165, 1.54) is 37.0 Å². The molecule has 1 aromatic rings. The highest BCUT2D eigenvalue weighted by atomic mass is 32.1. The predicted octanol–water partition coefficient (Wildman–Crippen LogP) is 2.32. The lowest BCUT2D eigenvalue weighted by Gasteiger charge is -2.17. The monoisotopic (exact) mass is 311 g/mol. The Labute approximate surface area is 128 Å². The van der Waals surface area contributed by atoms with Crippen molar-refractivity contribution >= 4 is 28.3 Å². The number of amides is 1. The molecule has 1 fully saturated rings. The van der Waals surface area contributed by atoms with Crippen molar-refractivity contribution in [2.75, 3.05) is 18.4 Å². The number of hydrogen-bond acceptors (Lipinski definition) is 5. The molecule has 0 bridgehead atoms. The van der Waals surface area contributed by atoms with Crippen LogP contribution in [0, 0.1) is 0 Å². The van der Waals surface area contributed by atoms with Gasteiger partial charge in [-0.3, -0.25) is 14.5 Å². The summed E-state index contributed by atoms with van der Waals surface area (Å²) in [6.45, 7) is 3.04. The fourth-order valence-corrected chi connectivity index (χ4v) is 3.08. The minimum Gasteiger partial charge on any atom is -0.481 e. The number of aromatic nitrogens is 1. The van der Waals surface area contributed by atoms with Gasteiger partial charge in [0.05, 0.1) is 12.1 Å². The highest BCUT2D eigenvalue weighted by Crippen LogP contribution is 2.19. The van der Waals surface area contributed by atoms with Gasteiger partial charge in [0.15, 0.2) is 5.13 Å². The van der Waals surface area contributed by atoms with Gasteiger partial charge in [-0.2, -0.15) is 0 Å². The molecule has 2 rings (SSSR count). The lowest BCUT2D eigenvalue weighted by Crippen LogP contribution is -2.24. The molecule has 0 aromatic carbocycles. The molecule has 0 radical (unpaired) electrons. The van der Waals surface area contributed by atoms with Crippen LogP contribution in [0.1, 0.15) is 44.2 Å².